The number of hydrogen-bond acceptors (Lipinski definition) is 2. The van der Waals surface area contributed by atoms with Crippen molar-refractivity contribution in [1.82, 2.24) is 5.32 Å². The third-order valence-electron chi connectivity index (χ3n) is 1.59. The molecular weight excluding hydrogens is 166 g/mol. The molecule has 0 aromatic rings. The lowest BCUT2D eigenvalue weighted by atomic mass is 10.2. The fraction of sp³-hybridized carbons (Fsp3) is 0.700. The molecule has 0 aliphatic heterocycles. The van der Waals surface area contributed by atoms with Crippen molar-refractivity contribution in [2.75, 3.05) is 6.61 Å². The summed E-state index contributed by atoms with van der Waals surface area (Å²) in [5, 5.41) is 11.3. The largest absolute Gasteiger partial charge is 0.396 e. The number of carbonyl (C=O) groups excluding carboxylic acids is 1. The Kier molecular flexibility index (Phi) is 6.24. The first-order chi connectivity index (χ1) is 6.07. The number of allylic oxidation sites excluding steroid dienone is 1. The molecular formula is C10H19NO2. The Hall–Kier alpha value is -0.830. The van der Waals surface area contributed by atoms with E-state index in [1.54, 1.807) is 6.92 Å². The van der Waals surface area contributed by atoms with Crippen LogP contribution in [0.4, 0.5) is 0 Å². The Balaban J connectivity index is 3.86. The molecule has 76 valence electrons. The lowest BCUT2D eigenvalue weighted by Crippen LogP contribution is -2.30. The van der Waals surface area contributed by atoms with Crippen molar-refractivity contribution in [1.29, 1.82) is 0 Å². The third kappa shape index (κ3) is 6.34. The Morgan fingerprint density at radius 2 is 2.15 bits per heavy atom. The van der Waals surface area contributed by atoms with E-state index in [4.69, 9.17) is 5.11 Å². The first-order valence-electron chi connectivity index (χ1n) is 4.66. The van der Waals surface area contributed by atoms with Gasteiger partial charge in [-0.2, -0.15) is 0 Å². The monoisotopic (exact) mass is 185 g/mol. The average Bonchev–Trinajstić information content (AvgIpc) is 2.03. The van der Waals surface area contributed by atoms with Crippen molar-refractivity contribution < 1.29 is 9.90 Å². The van der Waals surface area contributed by atoms with E-state index < -0.39 is 0 Å². The molecule has 0 radical (unpaired) electrons. The van der Waals surface area contributed by atoms with Gasteiger partial charge in [0.1, 0.15) is 0 Å². The van der Waals surface area contributed by atoms with Crippen molar-refractivity contribution in [2.24, 2.45) is 0 Å². The molecule has 0 unspecified atom stereocenters. The predicted octanol–water partition coefficient (Wildman–Crippen LogP) is 1.23. The molecule has 0 saturated heterocycles. The second-order valence-corrected chi connectivity index (χ2v) is 3.38. The van der Waals surface area contributed by atoms with Gasteiger partial charge in [-0.25, -0.2) is 0 Å². The lowest BCUT2D eigenvalue weighted by molar-refractivity contribution is -0.117. The van der Waals surface area contributed by atoms with Gasteiger partial charge in [0.15, 0.2) is 0 Å². The normalized spacial score (nSPS) is 11.9. The van der Waals surface area contributed by atoms with Crippen LogP contribution in [0.3, 0.4) is 0 Å². The Morgan fingerprint density at radius 1 is 1.54 bits per heavy atom. The number of carbonyl (C=O) groups is 1. The summed E-state index contributed by atoms with van der Waals surface area (Å²) in [6.45, 7) is 5.82. The van der Waals surface area contributed by atoms with E-state index in [1.165, 1.54) is 0 Å². The van der Waals surface area contributed by atoms with Crippen LogP contribution in [-0.4, -0.2) is 23.7 Å². The standard InChI is InChI=1S/C10H19NO2/c1-8(2)11-10(13)9(3)6-4-5-7-12/h6,8,12H,4-5,7H2,1-3H3,(H,11,13). The molecule has 0 bridgehead atoms. The van der Waals surface area contributed by atoms with Gasteiger partial charge in [-0.15, -0.1) is 0 Å². The highest BCUT2D eigenvalue weighted by Gasteiger charge is 2.03. The molecule has 13 heavy (non-hydrogen) atoms. The molecule has 0 rings (SSSR count). The molecule has 0 saturated carbocycles. The fourth-order valence-electron chi connectivity index (χ4n) is 0.879. The summed E-state index contributed by atoms with van der Waals surface area (Å²) in [4.78, 5) is 11.3. The van der Waals surface area contributed by atoms with Gasteiger partial charge < -0.3 is 10.4 Å². The Morgan fingerprint density at radius 3 is 2.62 bits per heavy atom. The number of nitrogens with one attached hydrogen (secondary N) is 1. The van der Waals surface area contributed by atoms with Gasteiger partial charge in [-0.1, -0.05) is 6.08 Å². The second kappa shape index (κ2) is 6.66. The molecule has 3 heteroatoms. The van der Waals surface area contributed by atoms with Crippen molar-refractivity contribution >= 4 is 5.91 Å². The van der Waals surface area contributed by atoms with Gasteiger partial charge in [0.2, 0.25) is 5.91 Å². The van der Waals surface area contributed by atoms with Gasteiger partial charge in [0.25, 0.3) is 0 Å². The zero-order valence-corrected chi connectivity index (χ0v) is 8.63. The maximum Gasteiger partial charge on any atom is 0.246 e. The molecule has 0 spiro atoms. The summed E-state index contributed by atoms with van der Waals surface area (Å²) < 4.78 is 0. The molecule has 0 aliphatic carbocycles. The molecule has 0 heterocycles. The summed E-state index contributed by atoms with van der Waals surface area (Å²) in [5.41, 5.74) is 0.724. The van der Waals surface area contributed by atoms with Gasteiger partial charge in [0.05, 0.1) is 0 Å². The molecule has 1 amide bonds. The molecule has 0 aromatic carbocycles. The smallest absolute Gasteiger partial charge is 0.246 e. The van der Waals surface area contributed by atoms with Gasteiger partial charge in [-0.3, -0.25) is 4.79 Å². The summed E-state index contributed by atoms with van der Waals surface area (Å²) in [5.74, 6) is -0.0204. The highest BCUT2D eigenvalue weighted by Crippen LogP contribution is 1.98. The zero-order chi connectivity index (χ0) is 10.3. The highest BCUT2D eigenvalue weighted by molar-refractivity contribution is 5.92. The van der Waals surface area contributed by atoms with E-state index in [1.807, 2.05) is 19.9 Å². The topological polar surface area (TPSA) is 49.3 Å². The molecule has 0 aliphatic rings. The van der Waals surface area contributed by atoms with Crippen LogP contribution in [-0.2, 0) is 4.79 Å². The van der Waals surface area contributed by atoms with E-state index in [-0.39, 0.29) is 18.6 Å². The lowest BCUT2D eigenvalue weighted by Gasteiger charge is -2.07. The highest BCUT2D eigenvalue weighted by atomic mass is 16.2. The second-order valence-electron chi connectivity index (χ2n) is 3.38. The van der Waals surface area contributed by atoms with Crippen LogP contribution < -0.4 is 5.32 Å². The maximum atomic E-state index is 11.3. The van der Waals surface area contributed by atoms with Crippen LogP contribution in [0.5, 0.6) is 0 Å². The maximum absolute atomic E-state index is 11.3. The number of hydrogen-bond donors (Lipinski definition) is 2. The number of amides is 1. The first kappa shape index (κ1) is 12.2. The summed E-state index contributed by atoms with van der Waals surface area (Å²) in [6.07, 6.45) is 3.33. The van der Waals surface area contributed by atoms with Gasteiger partial charge in [-0.05, 0) is 33.6 Å². The minimum absolute atomic E-state index is 0.0204. The number of aliphatic hydroxyl groups excluding tert-OH is 1. The van der Waals surface area contributed by atoms with E-state index in [9.17, 15) is 4.79 Å². The van der Waals surface area contributed by atoms with Crippen LogP contribution in [0, 0.1) is 0 Å². The quantitative estimate of drug-likeness (QED) is 0.500. The van der Waals surface area contributed by atoms with E-state index in [0.717, 1.165) is 12.0 Å². The average molecular weight is 185 g/mol. The van der Waals surface area contributed by atoms with Crippen molar-refractivity contribution in [2.45, 2.75) is 39.7 Å². The van der Waals surface area contributed by atoms with Crippen LogP contribution >= 0.6 is 0 Å². The van der Waals surface area contributed by atoms with Gasteiger partial charge >= 0.3 is 0 Å². The predicted molar refractivity (Wildman–Crippen MR) is 53.4 cm³/mol. The van der Waals surface area contributed by atoms with Crippen molar-refractivity contribution in [3.8, 4) is 0 Å². The SMILES string of the molecule is CC(=CCCCO)C(=O)NC(C)C. The Labute approximate surface area is 79.8 Å². The van der Waals surface area contributed by atoms with Gasteiger partial charge in [0, 0.05) is 18.2 Å². The van der Waals surface area contributed by atoms with E-state index in [2.05, 4.69) is 5.32 Å². The molecule has 0 fully saturated rings. The minimum Gasteiger partial charge on any atom is -0.396 e. The minimum atomic E-state index is -0.0204. The third-order valence-corrected chi connectivity index (χ3v) is 1.59. The van der Waals surface area contributed by atoms with Crippen molar-refractivity contribution in [3.05, 3.63) is 11.6 Å². The number of aliphatic hydroxyl groups is 1. The number of unbranched alkanes of at least 4 members (excludes halogenated alkanes) is 1. The zero-order valence-electron chi connectivity index (χ0n) is 8.63. The summed E-state index contributed by atoms with van der Waals surface area (Å²) in [7, 11) is 0. The van der Waals surface area contributed by atoms with Crippen LogP contribution in [0.15, 0.2) is 11.6 Å². The molecule has 2 N–H and O–H groups in total. The van der Waals surface area contributed by atoms with E-state index >= 15 is 0 Å². The first-order valence-corrected chi connectivity index (χ1v) is 4.66. The molecule has 0 atom stereocenters. The molecule has 0 aromatic heterocycles. The van der Waals surface area contributed by atoms with E-state index in [0.29, 0.717) is 6.42 Å². The number of rotatable bonds is 5. The molecule has 3 nitrogen and oxygen atoms in total. The van der Waals surface area contributed by atoms with Crippen LogP contribution in [0.2, 0.25) is 0 Å². The Bertz CT molecular complexity index is 185. The fourth-order valence-corrected chi connectivity index (χ4v) is 0.879. The summed E-state index contributed by atoms with van der Waals surface area (Å²) >= 11 is 0. The summed E-state index contributed by atoms with van der Waals surface area (Å²) in [6, 6.07) is 0.175. The van der Waals surface area contributed by atoms with Crippen molar-refractivity contribution in [3.63, 3.8) is 0 Å². The van der Waals surface area contributed by atoms with Crippen LogP contribution in [0.1, 0.15) is 33.6 Å². The van der Waals surface area contributed by atoms with Crippen LogP contribution in [0.25, 0.3) is 0 Å².